The van der Waals surface area contributed by atoms with Crippen LogP contribution in [-0.2, 0) is 18.3 Å². The minimum absolute atomic E-state index is 0.273. The third kappa shape index (κ3) is 7.53. The second-order valence-corrected chi connectivity index (χ2v) is 5.07. The molecule has 0 aromatic rings. The minimum Gasteiger partial charge on any atom is -0.371 e. The molecule has 4 nitrogen and oxygen atoms in total. The average molecular weight is 250 g/mol. The number of ether oxygens (including phenoxy) is 1. The zero-order valence-electron chi connectivity index (χ0n) is 10.3. The predicted octanol–water partition coefficient (Wildman–Crippen LogP) is 3.26. The molecule has 0 aromatic heterocycles. The van der Waals surface area contributed by atoms with E-state index in [1.807, 2.05) is 0 Å². The third-order valence-corrected chi connectivity index (χ3v) is 3.30. The van der Waals surface area contributed by atoms with E-state index in [9.17, 15) is 0 Å². The van der Waals surface area contributed by atoms with Gasteiger partial charge in [-0.1, -0.05) is 26.7 Å². The van der Waals surface area contributed by atoms with Crippen molar-refractivity contribution < 1.29 is 18.3 Å². The van der Waals surface area contributed by atoms with Gasteiger partial charge in [-0.05, 0) is 12.8 Å². The van der Waals surface area contributed by atoms with E-state index >= 15 is 0 Å². The van der Waals surface area contributed by atoms with Crippen LogP contribution in [0.1, 0.15) is 39.5 Å². The molecule has 1 fully saturated rings. The molecule has 0 bridgehead atoms. The first-order valence-electron chi connectivity index (χ1n) is 6.17. The van der Waals surface area contributed by atoms with Gasteiger partial charge in [0.2, 0.25) is 0 Å². The fraction of sp³-hybridized carbons (Fsp3) is 1.00. The van der Waals surface area contributed by atoms with Gasteiger partial charge in [0.25, 0.3) is 0 Å². The lowest BCUT2D eigenvalue weighted by Gasteiger charge is -2.15. The Morgan fingerprint density at radius 2 is 1.62 bits per heavy atom. The van der Waals surface area contributed by atoms with Crippen LogP contribution in [0.5, 0.6) is 0 Å². The van der Waals surface area contributed by atoms with E-state index in [1.165, 1.54) is 0 Å². The van der Waals surface area contributed by atoms with Crippen molar-refractivity contribution in [2.45, 2.75) is 45.6 Å². The first-order valence-corrected chi connectivity index (χ1v) is 7.26. The molecular formula is C11H23O4P. The summed E-state index contributed by atoms with van der Waals surface area (Å²) in [7, 11) is -1.16. The van der Waals surface area contributed by atoms with Crippen LogP contribution in [0.3, 0.4) is 0 Å². The Morgan fingerprint density at radius 1 is 1.06 bits per heavy atom. The normalized spacial score (nSPS) is 19.3. The molecule has 0 spiro atoms. The van der Waals surface area contributed by atoms with Gasteiger partial charge >= 0.3 is 8.60 Å². The van der Waals surface area contributed by atoms with Gasteiger partial charge in [-0.15, -0.1) is 0 Å². The van der Waals surface area contributed by atoms with Crippen LogP contribution >= 0.6 is 8.60 Å². The molecule has 1 rings (SSSR count). The molecule has 0 aliphatic carbocycles. The molecular weight excluding hydrogens is 227 g/mol. The van der Waals surface area contributed by atoms with Crippen LogP contribution in [0.25, 0.3) is 0 Å². The number of unbranched alkanes of at least 4 members (excludes halogenated alkanes) is 2. The van der Waals surface area contributed by atoms with Gasteiger partial charge in [0.1, 0.15) is 6.10 Å². The van der Waals surface area contributed by atoms with E-state index in [0.717, 1.165) is 45.5 Å². The van der Waals surface area contributed by atoms with E-state index < -0.39 is 8.60 Å². The van der Waals surface area contributed by atoms with Crippen molar-refractivity contribution in [3.8, 4) is 0 Å². The van der Waals surface area contributed by atoms with Crippen molar-refractivity contribution in [1.82, 2.24) is 0 Å². The maximum Gasteiger partial charge on any atom is 0.332 e. The Morgan fingerprint density at radius 3 is 2.06 bits per heavy atom. The zero-order chi connectivity index (χ0) is 11.6. The van der Waals surface area contributed by atoms with Crippen molar-refractivity contribution in [1.29, 1.82) is 0 Å². The van der Waals surface area contributed by atoms with Gasteiger partial charge < -0.3 is 18.3 Å². The van der Waals surface area contributed by atoms with Crippen LogP contribution in [0.4, 0.5) is 0 Å². The Kier molecular flexibility index (Phi) is 8.34. The Hall–Kier alpha value is 0.270. The summed E-state index contributed by atoms with van der Waals surface area (Å²) in [5, 5.41) is 0. The predicted molar refractivity (Wildman–Crippen MR) is 64.3 cm³/mol. The smallest absolute Gasteiger partial charge is 0.332 e. The largest absolute Gasteiger partial charge is 0.371 e. The molecule has 0 saturated carbocycles. The monoisotopic (exact) mass is 250 g/mol. The number of rotatable bonds is 11. The van der Waals surface area contributed by atoms with Crippen molar-refractivity contribution in [3.63, 3.8) is 0 Å². The van der Waals surface area contributed by atoms with Gasteiger partial charge in [0.05, 0.1) is 26.4 Å². The summed E-state index contributed by atoms with van der Waals surface area (Å²) in [5.41, 5.74) is 0. The second kappa shape index (κ2) is 9.32. The lowest BCUT2D eigenvalue weighted by molar-refractivity contribution is 0.148. The Balaban J connectivity index is 2.06. The van der Waals surface area contributed by atoms with Crippen LogP contribution in [0.15, 0.2) is 0 Å². The summed E-state index contributed by atoms with van der Waals surface area (Å²) in [6.07, 6.45) is 4.64. The van der Waals surface area contributed by atoms with Crippen LogP contribution in [0.2, 0.25) is 0 Å². The highest BCUT2D eigenvalue weighted by molar-refractivity contribution is 7.41. The summed E-state index contributed by atoms with van der Waals surface area (Å²) in [6.45, 7) is 7.14. The molecule has 1 aliphatic rings. The van der Waals surface area contributed by atoms with E-state index in [-0.39, 0.29) is 6.10 Å². The first kappa shape index (κ1) is 14.3. The fourth-order valence-corrected chi connectivity index (χ4v) is 2.05. The summed E-state index contributed by atoms with van der Waals surface area (Å²) in [6, 6.07) is 0. The molecule has 0 radical (unpaired) electrons. The average Bonchev–Trinajstić information content (AvgIpc) is 3.09. The first-order chi connectivity index (χ1) is 7.86. The van der Waals surface area contributed by atoms with Gasteiger partial charge in [-0.25, -0.2) is 0 Å². The van der Waals surface area contributed by atoms with E-state index in [0.29, 0.717) is 6.61 Å². The molecule has 0 N–H and O–H groups in total. The third-order valence-electron chi connectivity index (χ3n) is 2.16. The Bertz CT molecular complexity index is 154. The second-order valence-electron chi connectivity index (χ2n) is 3.85. The van der Waals surface area contributed by atoms with Gasteiger partial charge in [-0.2, -0.15) is 0 Å². The highest BCUT2D eigenvalue weighted by Crippen LogP contribution is 2.40. The molecule has 1 saturated heterocycles. The Labute approximate surface area is 99.6 Å². The quantitative estimate of drug-likeness (QED) is 0.320. The zero-order valence-corrected chi connectivity index (χ0v) is 11.2. The lowest BCUT2D eigenvalue weighted by Crippen LogP contribution is -2.03. The SMILES string of the molecule is CCCCOP(OCCCC)OCC1CO1. The van der Waals surface area contributed by atoms with Crippen molar-refractivity contribution >= 4 is 8.60 Å². The van der Waals surface area contributed by atoms with E-state index in [4.69, 9.17) is 18.3 Å². The number of epoxide rings is 1. The maximum absolute atomic E-state index is 5.57. The fourth-order valence-electron chi connectivity index (χ4n) is 0.987. The summed E-state index contributed by atoms with van der Waals surface area (Å²) < 4.78 is 21.8. The number of hydrogen-bond acceptors (Lipinski definition) is 4. The van der Waals surface area contributed by atoms with Crippen molar-refractivity contribution in [2.75, 3.05) is 26.4 Å². The number of hydrogen-bond donors (Lipinski definition) is 0. The molecule has 1 unspecified atom stereocenters. The van der Waals surface area contributed by atoms with Crippen molar-refractivity contribution in [3.05, 3.63) is 0 Å². The summed E-state index contributed by atoms with van der Waals surface area (Å²) >= 11 is 0. The molecule has 5 heteroatoms. The standard InChI is InChI=1S/C11H23O4P/c1-3-5-7-13-16(14-8-6-4-2)15-10-11-9-12-11/h11H,3-10H2,1-2H3. The molecule has 1 atom stereocenters. The topological polar surface area (TPSA) is 40.2 Å². The van der Waals surface area contributed by atoms with E-state index in [2.05, 4.69) is 13.8 Å². The van der Waals surface area contributed by atoms with E-state index in [1.54, 1.807) is 0 Å². The lowest BCUT2D eigenvalue weighted by atomic mass is 10.4. The van der Waals surface area contributed by atoms with Crippen LogP contribution in [-0.4, -0.2) is 32.5 Å². The molecule has 16 heavy (non-hydrogen) atoms. The maximum atomic E-state index is 5.57. The molecule has 1 heterocycles. The van der Waals surface area contributed by atoms with Crippen LogP contribution in [0, 0.1) is 0 Å². The molecule has 1 aliphatic heterocycles. The van der Waals surface area contributed by atoms with Gasteiger partial charge in [-0.3, -0.25) is 0 Å². The van der Waals surface area contributed by atoms with Gasteiger partial charge in [0.15, 0.2) is 0 Å². The molecule has 0 amide bonds. The summed E-state index contributed by atoms with van der Waals surface area (Å²) in [4.78, 5) is 0. The molecule has 0 aromatic carbocycles. The molecule has 96 valence electrons. The van der Waals surface area contributed by atoms with Gasteiger partial charge in [0, 0.05) is 0 Å². The highest BCUT2D eigenvalue weighted by atomic mass is 31.2. The minimum atomic E-state index is -1.16. The van der Waals surface area contributed by atoms with Crippen molar-refractivity contribution in [2.24, 2.45) is 0 Å². The highest BCUT2D eigenvalue weighted by Gasteiger charge is 2.25. The summed E-state index contributed by atoms with van der Waals surface area (Å²) in [5.74, 6) is 0. The van der Waals surface area contributed by atoms with Crippen LogP contribution < -0.4 is 0 Å².